The number of hydrogen-bond acceptors (Lipinski definition) is 6. The third-order valence-corrected chi connectivity index (χ3v) is 3.73. The Bertz CT molecular complexity index is 675. The van der Waals surface area contributed by atoms with Crippen molar-refractivity contribution in [3.05, 3.63) is 88.0 Å². The molecule has 0 atom stereocenters. The molecule has 6 nitrogen and oxygen atoms in total. The van der Waals surface area contributed by atoms with Gasteiger partial charge in [-0.2, -0.15) is 0 Å². The van der Waals surface area contributed by atoms with Gasteiger partial charge in [0.15, 0.2) is 0 Å². The quantitative estimate of drug-likeness (QED) is 0.240. The summed E-state index contributed by atoms with van der Waals surface area (Å²) in [6, 6.07) is 18.1. The molecule has 0 aliphatic carbocycles. The number of hydrogen-bond donors (Lipinski definition) is 6. The van der Waals surface area contributed by atoms with E-state index in [1.54, 1.807) is 0 Å². The molecule has 0 fully saturated rings. The molecule has 0 saturated carbocycles. The van der Waals surface area contributed by atoms with Crippen molar-refractivity contribution in [1.29, 1.82) is 0 Å². The number of nitrogens with two attached hydrogens (primary N) is 3. The number of anilines is 3. The van der Waals surface area contributed by atoms with E-state index < -0.39 is 7.32 Å². The Morgan fingerprint density at radius 2 is 0.548 bits per heavy atom. The Labute approximate surface area is 186 Å². The van der Waals surface area contributed by atoms with Crippen LogP contribution in [0.4, 0.5) is 17.1 Å². The molecule has 0 saturated heterocycles. The van der Waals surface area contributed by atoms with Crippen LogP contribution in [0.15, 0.2) is 54.6 Å². The average molecular weight is 425 g/mol. The lowest BCUT2D eigenvalue weighted by Crippen LogP contribution is -2.07. The number of benzene rings is 3. The first-order chi connectivity index (χ1) is 14.3. The minimum atomic E-state index is -2.17. The SMILES string of the molecule is Cc1cc(C)cc(N)c1.Cc1cc(C)cc(N)c1.Cc1cc(C)cc(N)c1.OB(O)O. The van der Waals surface area contributed by atoms with Crippen molar-refractivity contribution in [3.8, 4) is 0 Å². The molecule has 0 bridgehead atoms. The molecule has 3 aromatic rings. The van der Waals surface area contributed by atoms with Gasteiger partial charge in [0, 0.05) is 17.1 Å². The van der Waals surface area contributed by atoms with Crippen LogP contribution in [0.2, 0.25) is 0 Å². The molecule has 0 radical (unpaired) electrons. The van der Waals surface area contributed by atoms with E-state index >= 15 is 0 Å². The van der Waals surface area contributed by atoms with Gasteiger partial charge < -0.3 is 32.3 Å². The summed E-state index contributed by atoms with van der Waals surface area (Å²) >= 11 is 0. The van der Waals surface area contributed by atoms with Gasteiger partial charge in [-0.05, 0) is 111 Å². The lowest BCUT2D eigenvalue weighted by Gasteiger charge is -1.97. The Hall–Kier alpha value is -3.00. The normalized spacial score (nSPS) is 9.19. The molecule has 0 aliphatic rings. The highest BCUT2D eigenvalue weighted by Gasteiger charge is 1.92. The van der Waals surface area contributed by atoms with Crippen molar-refractivity contribution in [3.63, 3.8) is 0 Å². The zero-order chi connectivity index (χ0) is 24.1. The van der Waals surface area contributed by atoms with Crippen LogP contribution in [0.1, 0.15) is 33.4 Å². The summed E-state index contributed by atoms with van der Waals surface area (Å²) in [6.07, 6.45) is 0. The summed E-state index contributed by atoms with van der Waals surface area (Å²) in [5, 5.41) is 21.5. The van der Waals surface area contributed by atoms with Gasteiger partial charge in [-0.1, -0.05) is 18.2 Å². The van der Waals surface area contributed by atoms with E-state index in [0.717, 1.165) is 17.1 Å². The van der Waals surface area contributed by atoms with Crippen molar-refractivity contribution in [2.24, 2.45) is 0 Å². The largest absolute Gasteiger partial charge is 0.631 e. The van der Waals surface area contributed by atoms with E-state index in [0.29, 0.717) is 0 Å². The fourth-order valence-corrected chi connectivity index (χ4v) is 3.03. The lowest BCUT2D eigenvalue weighted by molar-refractivity contribution is 0.278. The zero-order valence-electron chi connectivity index (χ0n) is 19.3. The molecule has 0 aliphatic heterocycles. The van der Waals surface area contributed by atoms with Crippen molar-refractivity contribution in [2.45, 2.75) is 41.5 Å². The van der Waals surface area contributed by atoms with Gasteiger partial charge in [0.2, 0.25) is 0 Å². The van der Waals surface area contributed by atoms with Crippen molar-refractivity contribution >= 4 is 24.4 Å². The van der Waals surface area contributed by atoms with Gasteiger partial charge in [0.25, 0.3) is 0 Å². The van der Waals surface area contributed by atoms with E-state index in [9.17, 15) is 0 Å². The second-order valence-corrected chi connectivity index (χ2v) is 7.61. The molecule has 0 heterocycles. The van der Waals surface area contributed by atoms with Crippen molar-refractivity contribution < 1.29 is 15.1 Å². The maximum atomic E-state index is 7.17. The molecule has 3 rings (SSSR count). The molecular formula is C24H36BN3O3. The standard InChI is InChI=1S/3C8H11N.BH3O3/c3*1-6-3-7(2)5-8(9)4-6;2-1(3)4/h3*3-5H,9H2,1-2H3;2-4H. The summed E-state index contributed by atoms with van der Waals surface area (Å²) < 4.78 is 0. The summed E-state index contributed by atoms with van der Waals surface area (Å²) in [4.78, 5) is 0. The van der Waals surface area contributed by atoms with Crippen LogP contribution in [-0.4, -0.2) is 22.4 Å². The van der Waals surface area contributed by atoms with E-state index in [1.807, 2.05) is 77.9 Å². The minimum Gasteiger partial charge on any atom is -0.402 e. The highest BCUT2D eigenvalue weighted by Crippen LogP contribution is 2.10. The molecule has 9 N–H and O–H groups in total. The Kier molecular flexibility index (Phi) is 12.7. The number of nitrogen functional groups attached to an aromatic ring is 3. The molecule has 0 amide bonds. The van der Waals surface area contributed by atoms with Gasteiger partial charge in [0.05, 0.1) is 0 Å². The molecule has 7 heteroatoms. The first kappa shape index (κ1) is 28.0. The molecule has 168 valence electrons. The Balaban J connectivity index is 0.000000402. The first-order valence-electron chi connectivity index (χ1n) is 9.84. The fourth-order valence-electron chi connectivity index (χ4n) is 3.03. The monoisotopic (exact) mass is 425 g/mol. The second-order valence-electron chi connectivity index (χ2n) is 7.61. The summed E-state index contributed by atoms with van der Waals surface area (Å²) in [6.45, 7) is 12.3. The molecule has 31 heavy (non-hydrogen) atoms. The van der Waals surface area contributed by atoms with E-state index in [-0.39, 0.29) is 0 Å². The fraction of sp³-hybridized carbons (Fsp3) is 0.250. The third-order valence-electron chi connectivity index (χ3n) is 3.73. The zero-order valence-corrected chi connectivity index (χ0v) is 19.3. The van der Waals surface area contributed by atoms with Gasteiger partial charge >= 0.3 is 7.32 Å². The van der Waals surface area contributed by atoms with Gasteiger partial charge in [-0.3, -0.25) is 0 Å². The van der Waals surface area contributed by atoms with Gasteiger partial charge in [-0.25, -0.2) is 0 Å². The summed E-state index contributed by atoms with van der Waals surface area (Å²) in [7, 11) is -2.17. The second kappa shape index (κ2) is 14.1. The molecule has 0 unspecified atom stereocenters. The minimum absolute atomic E-state index is 0.854. The maximum absolute atomic E-state index is 7.17. The highest BCUT2D eigenvalue weighted by molar-refractivity contribution is 6.30. The Morgan fingerprint density at radius 1 is 0.419 bits per heavy atom. The van der Waals surface area contributed by atoms with Crippen LogP contribution in [0, 0.1) is 41.5 Å². The average Bonchev–Trinajstić information content (AvgIpc) is 2.51. The summed E-state index contributed by atoms with van der Waals surface area (Å²) in [5.41, 5.74) is 26.6. The molecule has 0 aromatic heterocycles. The van der Waals surface area contributed by atoms with Gasteiger partial charge in [0.1, 0.15) is 0 Å². The van der Waals surface area contributed by atoms with Gasteiger partial charge in [-0.15, -0.1) is 0 Å². The lowest BCUT2D eigenvalue weighted by atomic mass is 10.1. The first-order valence-corrected chi connectivity index (χ1v) is 9.84. The predicted octanol–water partition coefficient (Wildman–Crippen LogP) is 3.61. The smallest absolute Gasteiger partial charge is 0.402 e. The number of rotatable bonds is 0. The predicted molar refractivity (Wildman–Crippen MR) is 133 cm³/mol. The van der Waals surface area contributed by atoms with Crippen LogP contribution in [0.25, 0.3) is 0 Å². The van der Waals surface area contributed by atoms with Crippen LogP contribution in [-0.2, 0) is 0 Å². The van der Waals surface area contributed by atoms with E-state index in [4.69, 9.17) is 32.3 Å². The van der Waals surface area contributed by atoms with Crippen molar-refractivity contribution in [1.82, 2.24) is 0 Å². The molecule has 3 aromatic carbocycles. The van der Waals surface area contributed by atoms with Crippen molar-refractivity contribution in [2.75, 3.05) is 17.2 Å². The Morgan fingerprint density at radius 3 is 0.645 bits per heavy atom. The van der Waals surface area contributed by atoms with Crippen LogP contribution in [0.3, 0.4) is 0 Å². The van der Waals surface area contributed by atoms with Crippen LogP contribution >= 0.6 is 0 Å². The maximum Gasteiger partial charge on any atom is 0.631 e. The van der Waals surface area contributed by atoms with Crippen LogP contribution < -0.4 is 17.2 Å². The number of aryl methyl sites for hydroxylation is 6. The molecule has 0 spiro atoms. The summed E-state index contributed by atoms with van der Waals surface area (Å²) in [5.74, 6) is 0. The third kappa shape index (κ3) is 15.5. The van der Waals surface area contributed by atoms with E-state index in [1.165, 1.54) is 33.4 Å². The van der Waals surface area contributed by atoms with E-state index in [2.05, 4.69) is 18.2 Å². The highest BCUT2D eigenvalue weighted by atomic mass is 16.5. The van der Waals surface area contributed by atoms with Crippen LogP contribution in [0.5, 0.6) is 0 Å². The topological polar surface area (TPSA) is 139 Å². The molecular weight excluding hydrogens is 389 g/mol.